The quantitative estimate of drug-likeness (QED) is 0.157. The average molecular weight is 578 g/mol. The van der Waals surface area contributed by atoms with Gasteiger partial charge in [0.05, 0.1) is 5.56 Å². The van der Waals surface area contributed by atoms with Crippen LogP contribution in [-0.2, 0) is 31.5 Å². The van der Waals surface area contributed by atoms with E-state index in [1.807, 2.05) is 30.3 Å². The molecule has 2 aromatic rings. The molecule has 0 aromatic heterocycles. The van der Waals surface area contributed by atoms with E-state index in [9.17, 15) is 22.8 Å². The van der Waals surface area contributed by atoms with Gasteiger partial charge in [-0.15, -0.1) is 0 Å². The first kappa shape index (κ1) is 31.9. The van der Waals surface area contributed by atoms with Crippen LogP contribution in [0.4, 0.5) is 13.2 Å². The van der Waals surface area contributed by atoms with Crippen LogP contribution in [0, 0.1) is 5.92 Å². The van der Waals surface area contributed by atoms with Gasteiger partial charge in [0.15, 0.2) is 8.32 Å². The van der Waals surface area contributed by atoms with Crippen LogP contribution in [0.2, 0.25) is 18.1 Å². The molecule has 5 nitrogen and oxygen atoms in total. The largest absolute Gasteiger partial charge is 0.461 e. The van der Waals surface area contributed by atoms with E-state index in [0.29, 0.717) is 38.1 Å². The summed E-state index contributed by atoms with van der Waals surface area (Å²) in [4.78, 5) is 26.9. The Morgan fingerprint density at radius 3 is 2.27 bits per heavy atom. The van der Waals surface area contributed by atoms with Crippen molar-refractivity contribution in [3.05, 3.63) is 71.3 Å². The highest BCUT2D eigenvalue weighted by atomic mass is 28.4. The Labute approximate surface area is 237 Å². The van der Waals surface area contributed by atoms with Gasteiger partial charge in [-0.2, -0.15) is 13.2 Å². The monoisotopic (exact) mass is 577 g/mol. The molecule has 3 rings (SSSR count). The molecule has 1 aliphatic rings. The van der Waals surface area contributed by atoms with Crippen molar-refractivity contribution < 1.29 is 31.9 Å². The smallest absolute Gasteiger partial charge is 0.416 e. The standard InChI is InChI=1S/C31H42F3NO4Si/c1-30(2,3)40(4,5)39-22-25-19-35(20-27(25)24-14-11-15-26(18-24)31(32,33)34)28(36)16-9-10-17-29(37)38-21-23-12-7-6-8-13-23/h6-8,11-15,18,25,27H,9-10,16-17,19-22H2,1-5H3. The lowest BCUT2D eigenvalue weighted by Gasteiger charge is -2.37. The number of benzene rings is 2. The zero-order chi connectivity index (χ0) is 29.6. The second-order valence-corrected chi connectivity index (χ2v) is 17.0. The number of nitrogens with zero attached hydrogens (tertiary/aromatic N) is 1. The number of likely N-dealkylation sites (tertiary alicyclic amines) is 1. The summed E-state index contributed by atoms with van der Waals surface area (Å²) in [5.74, 6) is -0.701. The molecule has 1 heterocycles. The lowest BCUT2D eigenvalue weighted by atomic mass is 9.88. The minimum Gasteiger partial charge on any atom is -0.461 e. The molecule has 0 N–H and O–H groups in total. The molecule has 1 amide bonds. The average Bonchev–Trinajstić information content (AvgIpc) is 3.33. The van der Waals surface area contributed by atoms with Gasteiger partial charge in [0.1, 0.15) is 6.61 Å². The summed E-state index contributed by atoms with van der Waals surface area (Å²) in [6.45, 7) is 12.1. The van der Waals surface area contributed by atoms with Gasteiger partial charge in [0.25, 0.3) is 0 Å². The number of unbranched alkanes of at least 4 members (excludes halogenated alkanes) is 1. The summed E-state index contributed by atoms with van der Waals surface area (Å²) >= 11 is 0. The van der Waals surface area contributed by atoms with Crippen molar-refractivity contribution >= 4 is 20.2 Å². The number of carbonyl (C=O) groups excluding carboxylic acids is 2. The molecular formula is C31H42F3NO4Si. The second kappa shape index (κ2) is 13.3. The van der Waals surface area contributed by atoms with E-state index in [4.69, 9.17) is 9.16 Å². The van der Waals surface area contributed by atoms with Crippen LogP contribution in [0.5, 0.6) is 0 Å². The van der Waals surface area contributed by atoms with Gasteiger partial charge < -0.3 is 14.1 Å². The van der Waals surface area contributed by atoms with Crippen molar-refractivity contribution in [3.8, 4) is 0 Å². The molecule has 220 valence electrons. The molecule has 9 heteroatoms. The number of rotatable bonds is 11. The van der Waals surface area contributed by atoms with Crippen molar-refractivity contribution in [1.29, 1.82) is 0 Å². The lowest BCUT2D eigenvalue weighted by Crippen LogP contribution is -2.42. The molecule has 0 radical (unpaired) electrons. The summed E-state index contributed by atoms with van der Waals surface area (Å²) in [7, 11) is -2.09. The molecule has 1 fully saturated rings. The zero-order valence-electron chi connectivity index (χ0n) is 24.2. The summed E-state index contributed by atoms with van der Waals surface area (Å²) in [5, 5.41) is -0.00491. The summed E-state index contributed by atoms with van der Waals surface area (Å²) < 4.78 is 52.1. The predicted octanol–water partition coefficient (Wildman–Crippen LogP) is 7.57. The highest BCUT2D eigenvalue weighted by molar-refractivity contribution is 6.74. The van der Waals surface area contributed by atoms with Crippen molar-refractivity contribution in [1.82, 2.24) is 4.90 Å². The molecule has 2 unspecified atom stereocenters. The number of esters is 1. The Hall–Kier alpha value is -2.65. The van der Waals surface area contributed by atoms with Gasteiger partial charge in [-0.05, 0) is 48.2 Å². The van der Waals surface area contributed by atoms with E-state index in [2.05, 4.69) is 33.9 Å². The maximum absolute atomic E-state index is 13.4. The van der Waals surface area contributed by atoms with Gasteiger partial charge >= 0.3 is 12.1 Å². The highest BCUT2D eigenvalue weighted by Crippen LogP contribution is 2.40. The van der Waals surface area contributed by atoms with E-state index in [-0.39, 0.29) is 48.2 Å². The van der Waals surface area contributed by atoms with Crippen LogP contribution in [0.15, 0.2) is 54.6 Å². The van der Waals surface area contributed by atoms with Gasteiger partial charge in [-0.3, -0.25) is 9.59 Å². The summed E-state index contributed by atoms with van der Waals surface area (Å²) in [6.07, 6.45) is -2.86. The summed E-state index contributed by atoms with van der Waals surface area (Å²) in [5.41, 5.74) is 0.815. The second-order valence-electron chi connectivity index (χ2n) is 12.2. The maximum Gasteiger partial charge on any atom is 0.416 e. The normalized spacial score (nSPS) is 18.1. The first-order valence-electron chi connectivity index (χ1n) is 14.0. The molecule has 0 spiro atoms. The molecule has 2 aromatic carbocycles. The van der Waals surface area contributed by atoms with Gasteiger partial charge in [-0.1, -0.05) is 69.3 Å². The molecule has 1 saturated heterocycles. The molecule has 0 bridgehead atoms. The first-order valence-corrected chi connectivity index (χ1v) is 16.9. The number of amides is 1. The van der Waals surface area contributed by atoms with E-state index in [1.165, 1.54) is 12.1 Å². The molecule has 0 saturated carbocycles. The van der Waals surface area contributed by atoms with Crippen LogP contribution in [-0.4, -0.2) is 44.8 Å². The Bertz CT molecular complexity index is 1130. The molecule has 40 heavy (non-hydrogen) atoms. The maximum atomic E-state index is 13.4. The van der Waals surface area contributed by atoms with E-state index >= 15 is 0 Å². The lowest BCUT2D eigenvalue weighted by molar-refractivity contribution is -0.145. The fourth-order valence-electron chi connectivity index (χ4n) is 4.61. The number of alkyl halides is 3. The Kier molecular flexibility index (Phi) is 10.6. The van der Waals surface area contributed by atoms with Crippen molar-refractivity contribution in [2.24, 2.45) is 5.92 Å². The van der Waals surface area contributed by atoms with Crippen LogP contribution in [0.3, 0.4) is 0 Å². The SMILES string of the molecule is CC(C)(C)[Si](C)(C)OCC1CN(C(=O)CCCCC(=O)OCc2ccccc2)CC1c1cccc(C(F)(F)F)c1. The molecule has 2 atom stereocenters. The third kappa shape index (κ3) is 8.93. The van der Waals surface area contributed by atoms with Crippen molar-refractivity contribution in [2.45, 2.75) is 83.3 Å². The third-order valence-corrected chi connectivity index (χ3v) is 12.7. The van der Waals surface area contributed by atoms with Crippen molar-refractivity contribution in [3.63, 3.8) is 0 Å². The van der Waals surface area contributed by atoms with E-state index in [1.54, 1.807) is 11.0 Å². The number of hydrogen-bond donors (Lipinski definition) is 0. The van der Waals surface area contributed by atoms with Gasteiger partial charge in [0, 0.05) is 44.4 Å². The highest BCUT2D eigenvalue weighted by Gasteiger charge is 2.41. The van der Waals surface area contributed by atoms with Crippen molar-refractivity contribution in [2.75, 3.05) is 19.7 Å². The Morgan fingerprint density at radius 1 is 0.950 bits per heavy atom. The zero-order valence-corrected chi connectivity index (χ0v) is 25.2. The number of halogens is 3. The minimum atomic E-state index is -4.43. The Balaban J connectivity index is 1.59. The number of carbonyl (C=O) groups is 2. The third-order valence-electron chi connectivity index (χ3n) is 8.16. The molecule has 0 aliphatic carbocycles. The topological polar surface area (TPSA) is 55.8 Å². The molecular weight excluding hydrogens is 535 g/mol. The minimum absolute atomic E-state index is 0.00491. The number of ether oxygens (including phenoxy) is 1. The first-order chi connectivity index (χ1) is 18.7. The summed E-state index contributed by atoms with van der Waals surface area (Å²) in [6, 6.07) is 14.9. The fourth-order valence-corrected chi connectivity index (χ4v) is 5.68. The van der Waals surface area contributed by atoms with Gasteiger partial charge in [0.2, 0.25) is 5.91 Å². The van der Waals surface area contributed by atoms with E-state index < -0.39 is 20.1 Å². The van der Waals surface area contributed by atoms with Crippen LogP contribution in [0.25, 0.3) is 0 Å². The van der Waals surface area contributed by atoms with Crippen LogP contribution >= 0.6 is 0 Å². The van der Waals surface area contributed by atoms with Crippen LogP contribution < -0.4 is 0 Å². The predicted molar refractivity (Wildman–Crippen MR) is 152 cm³/mol. The van der Waals surface area contributed by atoms with Crippen LogP contribution in [0.1, 0.15) is 69.1 Å². The fraction of sp³-hybridized carbons (Fsp3) is 0.548. The van der Waals surface area contributed by atoms with E-state index in [0.717, 1.165) is 11.6 Å². The number of hydrogen-bond acceptors (Lipinski definition) is 4. The van der Waals surface area contributed by atoms with Gasteiger partial charge in [-0.25, -0.2) is 0 Å². The molecule has 1 aliphatic heterocycles. The Morgan fingerprint density at radius 2 is 1.62 bits per heavy atom.